The van der Waals surface area contributed by atoms with E-state index in [9.17, 15) is 0 Å². The van der Waals surface area contributed by atoms with Gasteiger partial charge in [-0.25, -0.2) is 19.2 Å². The molecule has 8 N–H and O–H groups in total. The molecule has 0 aliphatic carbocycles. The first-order chi connectivity index (χ1) is 6.93. The minimum atomic E-state index is -1.83. The molecule has 0 radical (unpaired) electrons. The number of hydrogen-bond acceptors (Lipinski definition) is 4. The van der Waals surface area contributed by atoms with Crippen molar-refractivity contribution in [3.05, 3.63) is 0 Å². The number of rotatable bonds is 0. The molecule has 0 aromatic carbocycles. The fourth-order valence-corrected chi connectivity index (χ4v) is 0. The van der Waals surface area contributed by atoms with Crippen molar-refractivity contribution in [2.45, 2.75) is 0 Å². The smallest absolute Gasteiger partial charge is 1.00 e. The minimum Gasteiger partial charge on any atom is -1.00 e. The molecule has 0 fully saturated rings. The summed E-state index contributed by atoms with van der Waals surface area (Å²) in [6.07, 6.45) is -7.33. The average Bonchev–Trinajstić information content (AvgIpc) is 1.76. The summed E-state index contributed by atoms with van der Waals surface area (Å²) in [6.45, 7) is 0. The fourth-order valence-electron chi connectivity index (χ4n) is 0. The van der Waals surface area contributed by atoms with E-state index in [-0.39, 0.29) is 244 Å². The normalized spacial score (nSPS) is 4.36. The minimum absolute atomic E-state index is 0. The summed E-state index contributed by atoms with van der Waals surface area (Å²) in [7, 11) is 0. The van der Waals surface area contributed by atoms with Crippen LogP contribution in [0.25, 0.3) is 0 Å². The van der Waals surface area contributed by atoms with E-state index in [1.165, 1.54) is 0 Å². The van der Waals surface area contributed by atoms with E-state index in [0.29, 0.717) is 0 Å². The molecule has 0 aromatic rings. The largest absolute Gasteiger partial charge is 2.00 e. The number of carbonyl (C=O) groups is 4. The molecule has 0 saturated carbocycles. The van der Waals surface area contributed by atoms with Crippen LogP contribution in [0.3, 0.4) is 0 Å². The van der Waals surface area contributed by atoms with Gasteiger partial charge in [0, 0.05) is 0 Å². The van der Waals surface area contributed by atoms with E-state index in [1.807, 2.05) is 0 Å². The second kappa shape index (κ2) is 56.2. The summed E-state index contributed by atoms with van der Waals surface area (Å²) in [5.41, 5.74) is 0. The maximum Gasteiger partial charge on any atom is 2.00 e. The quantitative estimate of drug-likeness (QED) is 0.205. The Morgan fingerprint density at radius 1 is 0.364 bits per heavy atom. The third-order valence-electron chi connectivity index (χ3n) is 0. The maximum absolute atomic E-state index is 8.56. The summed E-state index contributed by atoms with van der Waals surface area (Å²) in [5.74, 6) is 0. The molecule has 0 bridgehead atoms. The summed E-state index contributed by atoms with van der Waals surface area (Å²) in [4.78, 5) is 34.2. The Bertz CT molecular complexity index is 204. The second-order valence-electron chi connectivity index (χ2n) is 1.13. The SMILES string of the molecule is O=C(O)O.O=C(O)O.O=C(O)O.O=C(O)O.[Ca+2].[Ca+2].[Ca+2].[Ca+2].[Ca+2].[Ca+2].[H-].[H-].[H-].[H-].[H-].[H-].[H-].[H-].[H-].[H-].[H-].[H-]. The number of hydrogen-bond donors (Lipinski definition) is 8. The Kier molecular flexibility index (Phi) is 162. The zero-order chi connectivity index (χ0) is 14.3. The van der Waals surface area contributed by atoms with Crippen LogP contribution in [0.4, 0.5) is 19.2 Å². The van der Waals surface area contributed by atoms with Crippen molar-refractivity contribution >= 4 is 251 Å². The van der Waals surface area contributed by atoms with Crippen LogP contribution in [0.15, 0.2) is 0 Å². The molecular formula is C4H20Ca6O12. The van der Waals surface area contributed by atoms with Crippen molar-refractivity contribution < 1.29 is 77.2 Å². The first kappa shape index (κ1) is 63.3. The molecule has 0 saturated heterocycles. The number of carboxylic acid groups (broad SMARTS) is 8. The van der Waals surface area contributed by atoms with Gasteiger partial charge in [-0.2, -0.15) is 0 Å². The van der Waals surface area contributed by atoms with Crippen LogP contribution in [-0.2, 0) is 0 Å². The molecule has 0 unspecified atom stereocenters. The Balaban J connectivity index is -0.00000000240. The molecule has 0 spiro atoms. The molecule has 0 rings (SSSR count). The molecule has 12 nitrogen and oxygen atoms in total. The monoisotopic (exact) mass is 500 g/mol. The zero-order valence-electron chi connectivity index (χ0n) is 23.5. The van der Waals surface area contributed by atoms with Crippen LogP contribution >= 0.6 is 0 Å². The Labute approximate surface area is 320 Å². The van der Waals surface area contributed by atoms with E-state index < -0.39 is 24.6 Å². The van der Waals surface area contributed by atoms with Crippen LogP contribution in [0, 0.1) is 0 Å². The van der Waals surface area contributed by atoms with Crippen molar-refractivity contribution in [1.29, 1.82) is 0 Å². The summed E-state index contributed by atoms with van der Waals surface area (Å²) in [6, 6.07) is 0. The van der Waals surface area contributed by atoms with Crippen molar-refractivity contribution in [3.63, 3.8) is 0 Å². The van der Waals surface area contributed by atoms with Gasteiger partial charge in [-0.3, -0.25) is 0 Å². The fraction of sp³-hybridized carbons (Fsp3) is 0. The average molecular weight is 501 g/mol. The first-order valence-corrected chi connectivity index (χ1v) is 2.61. The molecule has 0 amide bonds. The van der Waals surface area contributed by atoms with E-state index in [4.69, 9.17) is 60.0 Å². The third-order valence-corrected chi connectivity index (χ3v) is 0. The standard InChI is InChI=1S/4CH2O3.6Ca.12H/c4*2-1(3)4;;;;;;;;;;;;;;;;;;/h4*(H2,2,3,4);;;;;;;;;;;;;;;;;;/q;;;;6*+2;12*-1. The van der Waals surface area contributed by atoms with E-state index in [0.717, 1.165) is 0 Å². The van der Waals surface area contributed by atoms with Gasteiger partial charge in [0.1, 0.15) is 0 Å². The van der Waals surface area contributed by atoms with Crippen molar-refractivity contribution in [3.8, 4) is 0 Å². The molecule has 18 heteroatoms. The van der Waals surface area contributed by atoms with Gasteiger partial charge < -0.3 is 58.0 Å². The van der Waals surface area contributed by atoms with E-state index in [2.05, 4.69) is 0 Å². The Hall–Kier alpha value is 4.64. The van der Waals surface area contributed by atoms with Crippen molar-refractivity contribution in [1.82, 2.24) is 0 Å². The van der Waals surface area contributed by atoms with Gasteiger partial charge in [0.15, 0.2) is 0 Å². The van der Waals surface area contributed by atoms with Gasteiger partial charge >= 0.3 is 251 Å². The molecule has 22 heavy (non-hydrogen) atoms. The van der Waals surface area contributed by atoms with Crippen molar-refractivity contribution in [2.24, 2.45) is 0 Å². The third kappa shape index (κ3) is 640. The molecular weight excluding hydrogens is 480 g/mol. The Morgan fingerprint density at radius 3 is 0.364 bits per heavy atom. The van der Waals surface area contributed by atoms with Gasteiger partial charge in [-0.15, -0.1) is 0 Å². The zero-order valence-corrected chi connectivity index (χ0v) is 24.7. The molecule has 0 aliphatic rings. The summed E-state index contributed by atoms with van der Waals surface area (Å²) in [5, 5.41) is 55.8. The Morgan fingerprint density at radius 2 is 0.364 bits per heavy atom. The molecule has 0 aliphatic heterocycles. The van der Waals surface area contributed by atoms with Crippen LogP contribution in [0.5, 0.6) is 0 Å². The molecule has 0 aromatic heterocycles. The maximum atomic E-state index is 8.56. The van der Waals surface area contributed by atoms with Crippen molar-refractivity contribution in [2.75, 3.05) is 0 Å². The second-order valence-corrected chi connectivity index (χ2v) is 1.13. The van der Waals surface area contributed by atoms with E-state index in [1.54, 1.807) is 0 Å². The van der Waals surface area contributed by atoms with Crippen LogP contribution in [-0.4, -0.2) is 292 Å². The van der Waals surface area contributed by atoms with Gasteiger partial charge in [0.25, 0.3) is 0 Å². The molecule has 0 heterocycles. The predicted octanol–water partition coefficient (Wildman–Crippen LogP) is -0.0452. The van der Waals surface area contributed by atoms with Crippen LogP contribution in [0.2, 0.25) is 0 Å². The summed E-state index contributed by atoms with van der Waals surface area (Å²) < 4.78 is 0. The van der Waals surface area contributed by atoms with Crippen LogP contribution in [0.1, 0.15) is 17.1 Å². The van der Waals surface area contributed by atoms with Gasteiger partial charge in [-0.05, 0) is 0 Å². The van der Waals surface area contributed by atoms with Crippen LogP contribution < -0.4 is 0 Å². The first-order valence-electron chi connectivity index (χ1n) is 2.61. The van der Waals surface area contributed by atoms with Gasteiger partial charge in [-0.1, -0.05) is 0 Å². The predicted molar refractivity (Wildman–Crippen MR) is 90.5 cm³/mol. The topological polar surface area (TPSA) is 230 Å². The molecule has 0 atom stereocenters. The van der Waals surface area contributed by atoms with E-state index >= 15 is 0 Å². The van der Waals surface area contributed by atoms with Gasteiger partial charge in [0.2, 0.25) is 0 Å². The molecule has 120 valence electrons. The summed E-state index contributed by atoms with van der Waals surface area (Å²) >= 11 is 0. The van der Waals surface area contributed by atoms with Gasteiger partial charge in [0.05, 0.1) is 0 Å².